The van der Waals surface area contributed by atoms with Crippen LogP contribution in [-0.2, 0) is 11.2 Å². The number of halogens is 1. The van der Waals surface area contributed by atoms with Crippen molar-refractivity contribution in [1.29, 1.82) is 0 Å². The first-order valence-corrected chi connectivity index (χ1v) is 8.95. The van der Waals surface area contributed by atoms with Crippen LogP contribution in [0.15, 0.2) is 54.6 Å². The van der Waals surface area contributed by atoms with Gasteiger partial charge in [-0.15, -0.1) is 6.42 Å². The molecule has 0 spiro atoms. The number of rotatable bonds is 7. The number of terminal acetylenes is 1. The molecule has 0 bridgehead atoms. The monoisotopic (exact) mass is 460 g/mol. The van der Waals surface area contributed by atoms with E-state index in [1.807, 2.05) is 18.2 Å². The lowest BCUT2D eigenvalue weighted by atomic mass is 9.99. The van der Waals surface area contributed by atoms with Crippen molar-refractivity contribution in [2.24, 2.45) is 0 Å². The van der Waals surface area contributed by atoms with Crippen LogP contribution in [0, 0.1) is 12.3 Å². The largest absolute Gasteiger partial charge is 0.343 e. The first-order chi connectivity index (χ1) is 12.5. The molecule has 0 saturated heterocycles. The number of carbonyl (C=O) groups is 3. The van der Waals surface area contributed by atoms with E-state index in [9.17, 15) is 14.4 Å². The van der Waals surface area contributed by atoms with E-state index >= 15 is 0 Å². The van der Waals surface area contributed by atoms with Crippen LogP contribution in [0.1, 0.15) is 21.5 Å². The zero-order chi connectivity index (χ0) is 18.9. The third kappa shape index (κ3) is 5.70. The number of amides is 2. The molecule has 0 radical (unpaired) electrons. The minimum atomic E-state index is -0.733. The Labute approximate surface area is 165 Å². The van der Waals surface area contributed by atoms with Crippen molar-refractivity contribution in [2.45, 2.75) is 12.5 Å². The first kappa shape index (κ1) is 19.7. The molecule has 2 N–H and O–H groups in total. The Balaban J connectivity index is 2.10. The van der Waals surface area contributed by atoms with E-state index in [1.165, 1.54) is 0 Å². The van der Waals surface area contributed by atoms with E-state index in [0.29, 0.717) is 17.5 Å². The predicted molar refractivity (Wildman–Crippen MR) is 108 cm³/mol. The van der Waals surface area contributed by atoms with Gasteiger partial charge in [0.1, 0.15) is 6.04 Å². The minimum absolute atomic E-state index is 0.0685. The van der Waals surface area contributed by atoms with Crippen molar-refractivity contribution in [3.8, 4) is 12.3 Å². The third-order valence-corrected chi connectivity index (χ3v) is 3.97. The van der Waals surface area contributed by atoms with Crippen LogP contribution in [-0.4, -0.2) is 28.2 Å². The summed E-state index contributed by atoms with van der Waals surface area (Å²) in [5.41, 5.74) is 2.00. The molecule has 2 amide bonds. The molecule has 26 heavy (non-hydrogen) atoms. The fourth-order valence-corrected chi connectivity index (χ4v) is 2.77. The van der Waals surface area contributed by atoms with Gasteiger partial charge in [-0.25, -0.2) is 0 Å². The van der Waals surface area contributed by atoms with E-state index in [0.717, 1.165) is 5.56 Å². The van der Waals surface area contributed by atoms with Crippen LogP contribution in [0.4, 0.5) is 4.79 Å². The third-order valence-electron chi connectivity index (χ3n) is 3.66. The van der Waals surface area contributed by atoms with Gasteiger partial charge in [-0.3, -0.25) is 14.4 Å². The summed E-state index contributed by atoms with van der Waals surface area (Å²) < 4.78 is -0.334. The SMILES string of the molecule is C#CCNC(=O)C(Cc1ccc(C(=O)c2ccccc2)cc1)NC(=O)I. The second kappa shape index (κ2) is 9.73. The van der Waals surface area contributed by atoms with Gasteiger partial charge in [-0.1, -0.05) is 60.5 Å². The lowest BCUT2D eigenvalue weighted by Crippen LogP contribution is -2.46. The van der Waals surface area contributed by atoms with Gasteiger partial charge in [0.25, 0.3) is 3.91 Å². The highest BCUT2D eigenvalue weighted by Crippen LogP contribution is 2.12. The van der Waals surface area contributed by atoms with Crippen LogP contribution in [0.25, 0.3) is 0 Å². The molecule has 1 atom stereocenters. The number of ketones is 1. The number of hydrogen-bond acceptors (Lipinski definition) is 3. The molecule has 0 fully saturated rings. The second-order valence-electron chi connectivity index (χ2n) is 5.49. The van der Waals surface area contributed by atoms with Gasteiger partial charge in [0.2, 0.25) is 5.91 Å². The maximum atomic E-state index is 12.4. The summed E-state index contributed by atoms with van der Waals surface area (Å²) >= 11 is 1.58. The Hall–Kier alpha value is -2.66. The Bertz CT molecular complexity index is 826. The standard InChI is InChI=1S/C20H17IN2O3/c1-2-12-22-19(25)17(23-20(21)26)13-14-8-10-16(11-9-14)18(24)15-6-4-3-5-7-15/h1,3-11,17H,12-13H2,(H,22,25)(H,23,26). The Morgan fingerprint density at radius 2 is 1.62 bits per heavy atom. The lowest BCUT2D eigenvalue weighted by Gasteiger charge is -2.16. The maximum absolute atomic E-state index is 12.4. The van der Waals surface area contributed by atoms with Crippen molar-refractivity contribution in [2.75, 3.05) is 6.54 Å². The summed E-state index contributed by atoms with van der Waals surface area (Å²) in [6.07, 6.45) is 5.43. The fourth-order valence-electron chi connectivity index (χ4n) is 2.39. The number of nitrogens with one attached hydrogen (secondary N) is 2. The summed E-state index contributed by atoms with van der Waals surface area (Å²) in [6, 6.07) is 15.3. The van der Waals surface area contributed by atoms with Crippen LogP contribution >= 0.6 is 22.6 Å². The van der Waals surface area contributed by atoms with E-state index < -0.39 is 6.04 Å². The molecule has 0 aromatic heterocycles. The topological polar surface area (TPSA) is 75.3 Å². The fraction of sp³-hybridized carbons (Fsp3) is 0.150. The molecule has 0 aliphatic heterocycles. The Morgan fingerprint density at radius 3 is 2.19 bits per heavy atom. The number of benzene rings is 2. The summed E-state index contributed by atoms with van der Waals surface area (Å²) in [7, 11) is 0. The van der Waals surface area contributed by atoms with E-state index in [1.54, 1.807) is 59.0 Å². The zero-order valence-corrected chi connectivity index (χ0v) is 16.0. The van der Waals surface area contributed by atoms with Gasteiger partial charge in [0, 0.05) is 40.1 Å². The van der Waals surface area contributed by atoms with Crippen LogP contribution < -0.4 is 10.6 Å². The molecule has 6 heteroatoms. The zero-order valence-electron chi connectivity index (χ0n) is 13.9. The molecular weight excluding hydrogens is 443 g/mol. The molecule has 2 rings (SSSR count). The summed E-state index contributed by atoms with van der Waals surface area (Å²) in [5, 5.41) is 5.16. The van der Waals surface area contributed by atoms with E-state index in [2.05, 4.69) is 16.6 Å². The van der Waals surface area contributed by atoms with Gasteiger partial charge in [0.05, 0.1) is 6.54 Å². The van der Waals surface area contributed by atoms with Crippen LogP contribution in [0.3, 0.4) is 0 Å². The summed E-state index contributed by atoms with van der Waals surface area (Å²) in [6.45, 7) is 0.0942. The van der Waals surface area contributed by atoms with Crippen molar-refractivity contribution < 1.29 is 14.4 Å². The van der Waals surface area contributed by atoms with Gasteiger partial charge in [-0.05, 0) is 5.56 Å². The average Bonchev–Trinajstić information content (AvgIpc) is 2.66. The molecule has 1 unspecified atom stereocenters. The highest BCUT2D eigenvalue weighted by Gasteiger charge is 2.20. The molecule has 2 aromatic carbocycles. The quantitative estimate of drug-likeness (QED) is 0.220. The lowest BCUT2D eigenvalue weighted by molar-refractivity contribution is -0.122. The van der Waals surface area contributed by atoms with Gasteiger partial charge >= 0.3 is 0 Å². The molecular formula is C20H17IN2O3. The van der Waals surface area contributed by atoms with Crippen molar-refractivity contribution in [3.63, 3.8) is 0 Å². The van der Waals surface area contributed by atoms with Gasteiger partial charge in [-0.2, -0.15) is 0 Å². The number of hydrogen-bond donors (Lipinski definition) is 2. The van der Waals surface area contributed by atoms with Crippen molar-refractivity contribution in [3.05, 3.63) is 71.3 Å². The van der Waals surface area contributed by atoms with Crippen LogP contribution in [0.2, 0.25) is 0 Å². The van der Waals surface area contributed by atoms with E-state index in [-0.39, 0.29) is 22.1 Å². The molecule has 132 valence electrons. The van der Waals surface area contributed by atoms with Crippen molar-refractivity contribution in [1.82, 2.24) is 10.6 Å². The van der Waals surface area contributed by atoms with Gasteiger partial charge < -0.3 is 10.6 Å². The highest BCUT2D eigenvalue weighted by molar-refractivity contribution is 14.1. The van der Waals surface area contributed by atoms with Crippen molar-refractivity contribution >= 4 is 38.2 Å². The molecule has 0 aliphatic rings. The maximum Gasteiger partial charge on any atom is 0.281 e. The predicted octanol–water partition coefficient (Wildman–Crippen LogP) is 2.72. The summed E-state index contributed by atoms with van der Waals surface area (Å²) in [5.74, 6) is 1.90. The number of carbonyl (C=O) groups excluding carboxylic acids is 3. The normalized spacial score (nSPS) is 11.1. The second-order valence-corrected chi connectivity index (χ2v) is 6.47. The molecule has 0 heterocycles. The first-order valence-electron chi connectivity index (χ1n) is 7.87. The summed E-state index contributed by atoms with van der Waals surface area (Å²) in [4.78, 5) is 35.9. The van der Waals surface area contributed by atoms with Crippen LogP contribution in [0.5, 0.6) is 0 Å². The Morgan fingerprint density at radius 1 is 1.00 bits per heavy atom. The van der Waals surface area contributed by atoms with E-state index in [4.69, 9.17) is 6.42 Å². The highest BCUT2D eigenvalue weighted by atomic mass is 127. The Kier molecular flexibility index (Phi) is 7.36. The van der Waals surface area contributed by atoms with Gasteiger partial charge in [0.15, 0.2) is 5.78 Å². The average molecular weight is 460 g/mol. The molecule has 0 saturated carbocycles. The molecule has 2 aromatic rings. The molecule has 0 aliphatic carbocycles. The minimum Gasteiger partial charge on any atom is -0.343 e. The smallest absolute Gasteiger partial charge is 0.281 e. The molecule has 5 nitrogen and oxygen atoms in total.